The van der Waals surface area contributed by atoms with Crippen LogP contribution in [-0.4, -0.2) is 41.0 Å². The average Bonchev–Trinajstić information content (AvgIpc) is 3.06. The van der Waals surface area contributed by atoms with Gasteiger partial charge in [-0.05, 0) is 25.7 Å². The third-order valence-electron chi connectivity index (χ3n) is 2.45. The molecule has 0 atom stereocenters. The Morgan fingerprint density at radius 2 is 2.00 bits per heavy atom. The lowest BCUT2D eigenvalue weighted by Gasteiger charge is -2.20. The summed E-state index contributed by atoms with van der Waals surface area (Å²) in [5, 5.41) is 10.4. The van der Waals surface area contributed by atoms with Gasteiger partial charge in [0, 0.05) is 25.2 Å². The summed E-state index contributed by atoms with van der Waals surface area (Å²) in [6.45, 7) is 3.01. The molecular formula is C11H16N2O4. The quantitative estimate of drug-likeness (QED) is 0.689. The van der Waals surface area contributed by atoms with Gasteiger partial charge < -0.3 is 10.0 Å². The Labute approximate surface area is 99.3 Å². The molecule has 0 unspecified atom stereocenters. The molecule has 1 aliphatic carbocycles. The average molecular weight is 240 g/mol. The van der Waals surface area contributed by atoms with E-state index < -0.39 is 17.9 Å². The first kappa shape index (κ1) is 13.2. The van der Waals surface area contributed by atoms with E-state index in [1.54, 1.807) is 4.90 Å². The van der Waals surface area contributed by atoms with E-state index in [1.807, 2.05) is 6.92 Å². The first-order valence-electron chi connectivity index (χ1n) is 5.53. The normalized spacial score (nSPS) is 14.6. The highest BCUT2D eigenvalue weighted by atomic mass is 16.4. The van der Waals surface area contributed by atoms with Gasteiger partial charge in [0.1, 0.15) is 0 Å². The Bertz CT molecular complexity index is 347. The van der Waals surface area contributed by atoms with Crippen molar-refractivity contribution in [2.75, 3.05) is 13.1 Å². The minimum atomic E-state index is -1.22. The van der Waals surface area contributed by atoms with E-state index in [2.05, 4.69) is 5.32 Å². The zero-order valence-electron chi connectivity index (χ0n) is 9.68. The summed E-state index contributed by atoms with van der Waals surface area (Å²) >= 11 is 0. The Balaban J connectivity index is 2.39. The molecule has 0 aromatic heterocycles. The Morgan fingerprint density at radius 3 is 2.47 bits per heavy atom. The van der Waals surface area contributed by atoms with Gasteiger partial charge >= 0.3 is 12.0 Å². The Hall–Kier alpha value is -1.85. The van der Waals surface area contributed by atoms with Crippen molar-refractivity contribution in [3.63, 3.8) is 0 Å². The third-order valence-corrected chi connectivity index (χ3v) is 2.45. The molecular weight excluding hydrogens is 224 g/mol. The van der Waals surface area contributed by atoms with Gasteiger partial charge in [0.25, 0.3) is 5.91 Å². The van der Waals surface area contributed by atoms with E-state index in [9.17, 15) is 14.4 Å². The number of hydrogen-bond donors (Lipinski definition) is 2. The second-order valence-electron chi connectivity index (χ2n) is 3.95. The van der Waals surface area contributed by atoms with Crippen LogP contribution in [0.4, 0.5) is 4.79 Å². The fourth-order valence-electron chi connectivity index (χ4n) is 1.34. The van der Waals surface area contributed by atoms with Crippen LogP contribution in [0.2, 0.25) is 0 Å². The molecule has 0 heterocycles. The number of imide groups is 1. The number of urea groups is 1. The number of carbonyl (C=O) groups excluding carboxylic acids is 2. The number of carboxylic acid groups (broad SMARTS) is 1. The molecule has 1 saturated carbocycles. The van der Waals surface area contributed by atoms with Crippen molar-refractivity contribution < 1.29 is 19.5 Å². The highest BCUT2D eigenvalue weighted by Gasteiger charge is 2.26. The molecule has 1 fully saturated rings. The molecule has 1 aliphatic rings. The summed E-state index contributed by atoms with van der Waals surface area (Å²) in [6.07, 6.45) is 3.76. The first-order chi connectivity index (χ1) is 8.02. The lowest BCUT2D eigenvalue weighted by molar-refractivity contribution is -0.131. The maximum Gasteiger partial charge on any atom is 0.328 e. The zero-order chi connectivity index (χ0) is 12.8. The molecule has 0 aromatic carbocycles. The summed E-state index contributed by atoms with van der Waals surface area (Å²) in [5.74, 6) is -1.39. The van der Waals surface area contributed by atoms with Gasteiger partial charge in [0.2, 0.25) is 0 Å². The smallest absolute Gasteiger partial charge is 0.328 e. The molecule has 0 aromatic rings. The van der Waals surface area contributed by atoms with Crippen LogP contribution in [0.15, 0.2) is 12.2 Å². The summed E-state index contributed by atoms with van der Waals surface area (Å²) in [7, 11) is 0. The van der Waals surface area contributed by atoms with Crippen LogP contribution >= 0.6 is 0 Å². The van der Waals surface area contributed by atoms with Gasteiger partial charge in [0.15, 0.2) is 0 Å². The molecule has 3 amide bonds. The maximum atomic E-state index is 11.6. The largest absolute Gasteiger partial charge is 0.478 e. The molecule has 6 heteroatoms. The number of aliphatic carboxylic acids is 1. The summed E-state index contributed by atoms with van der Waals surface area (Å²) < 4.78 is 0. The van der Waals surface area contributed by atoms with Gasteiger partial charge in [-0.3, -0.25) is 10.1 Å². The molecule has 0 bridgehead atoms. The van der Waals surface area contributed by atoms with Crippen molar-refractivity contribution in [2.45, 2.75) is 19.8 Å². The van der Waals surface area contributed by atoms with Crippen molar-refractivity contribution >= 4 is 17.9 Å². The molecule has 0 saturated heterocycles. The van der Waals surface area contributed by atoms with Crippen molar-refractivity contribution in [3.05, 3.63) is 12.2 Å². The highest BCUT2D eigenvalue weighted by molar-refractivity contribution is 6.02. The van der Waals surface area contributed by atoms with E-state index in [-0.39, 0.29) is 0 Å². The number of hydrogen-bond acceptors (Lipinski definition) is 3. The standard InChI is InChI=1S/C11H16N2O4/c1-2-13(7-8-3-4-8)11(17)12-9(14)5-6-10(15)16/h5-6,8H,2-4,7H2,1H3,(H,15,16)(H,12,14,17). The number of carboxylic acids is 1. The first-order valence-corrected chi connectivity index (χ1v) is 5.53. The second kappa shape index (κ2) is 6.03. The molecule has 17 heavy (non-hydrogen) atoms. The lowest BCUT2D eigenvalue weighted by atomic mass is 10.4. The molecule has 1 rings (SSSR count). The number of amides is 3. The summed E-state index contributed by atoms with van der Waals surface area (Å²) in [5.41, 5.74) is 0. The van der Waals surface area contributed by atoms with Gasteiger partial charge in [0.05, 0.1) is 0 Å². The maximum absolute atomic E-state index is 11.6. The summed E-state index contributed by atoms with van der Waals surface area (Å²) in [4.78, 5) is 34.5. The SMILES string of the molecule is CCN(CC1CC1)C(=O)NC(=O)C=CC(=O)O. The molecule has 0 spiro atoms. The topological polar surface area (TPSA) is 86.7 Å². The fraction of sp³-hybridized carbons (Fsp3) is 0.545. The van der Waals surface area contributed by atoms with Crippen molar-refractivity contribution in [2.24, 2.45) is 5.92 Å². The predicted molar refractivity (Wildman–Crippen MR) is 60.3 cm³/mol. The van der Waals surface area contributed by atoms with Crippen LogP contribution in [0.25, 0.3) is 0 Å². The number of nitrogens with zero attached hydrogens (tertiary/aromatic N) is 1. The molecule has 94 valence electrons. The van der Waals surface area contributed by atoms with E-state index in [1.165, 1.54) is 0 Å². The van der Waals surface area contributed by atoms with E-state index >= 15 is 0 Å². The summed E-state index contributed by atoms with van der Waals surface area (Å²) in [6, 6.07) is -0.473. The minimum Gasteiger partial charge on any atom is -0.478 e. The van der Waals surface area contributed by atoms with Gasteiger partial charge in [-0.15, -0.1) is 0 Å². The molecule has 2 N–H and O–H groups in total. The van der Waals surface area contributed by atoms with Crippen molar-refractivity contribution in [1.29, 1.82) is 0 Å². The van der Waals surface area contributed by atoms with Crippen LogP contribution < -0.4 is 5.32 Å². The fourth-order valence-corrected chi connectivity index (χ4v) is 1.34. The monoisotopic (exact) mass is 240 g/mol. The van der Waals surface area contributed by atoms with Crippen molar-refractivity contribution in [3.8, 4) is 0 Å². The Morgan fingerprint density at radius 1 is 1.35 bits per heavy atom. The third kappa shape index (κ3) is 5.14. The molecule has 0 radical (unpaired) electrons. The van der Waals surface area contributed by atoms with Gasteiger partial charge in [-0.25, -0.2) is 9.59 Å². The van der Waals surface area contributed by atoms with Crippen LogP contribution in [0.5, 0.6) is 0 Å². The second-order valence-corrected chi connectivity index (χ2v) is 3.95. The van der Waals surface area contributed by atoms with E-state index in [0.717, 1.165) is 18.9 Å². The van der Waals surface area contributed by atoms with Crippen LogP contribution in [0.3, 0.4) is 0 Å². The number of rotatable bonds is 5. The highest BCUT2D eigenvalue weighted by Crippen LogP contribution is 2.29. The van der Waals surface area contributed by atoms with Crippen LogP contribution in [0, 0.1) is 5.92 Å². The number of nitrogens with one attached hydrogen (secondary N) is 1. The number of carbonyl (C=O) groups is 3. The predicted octanol–water partition coefficient (Wildman–Crippen LogP) is 0.595. The van der Waals surface area contributed by atoms with Gasteiger partial charge in [-0.1, -0.05) is 0 Å². The lowest BCUT2D eigenvalue weighted by Crippen LogP contribution is -2.43. The van der Waals surface area contributed by atoms with Crippen molar-refractivity contribution in [1.82, 2.24) is 10.2 Å². The molecule has 6 nitrogen and oxygen atoms in total. The minimum absolute atomic E-state index is 0.473. The van der Waals surface area contributed by atoms with Crippen LogP contribution in [0.1, 0.15) is 19.8 Å². The molecule has 0 aliphatic heterocycles. The van der Waals surface area contributed by atoms with Crippen LogP contribution in [-0.2, 0) is 9.59 Å². The Kier molecular flexibility index (Phi) is 4.68. The zero-order valence-corrected chi connectivity index (χ0v) is 9.68. The van der Waals surface area contributed by atoms with Gasteiger partial charge in [-0.2, -0.15) is 0 Å². The van der Waals surface area contributed by atoms with E-state index in [0.29, 0.717) is 25.1 Å². The van der Waals surface area contributed by atoms with E-state index in [4.69, 9.17) is 5.11 Å².